The van der Waals surface area contributed by atoms with Crippen LogP contribution in [-0.4, -0.2) is 52.5 Å². The van der Waals surface area contributed by atoms with Crippen LogP contribution in [0.4, 0.5) is 4.39 Å². The number of nitrogens with zero attached hydrogens (tertiary/aromatic N) is 1. The Bertz CT molecular complexity index is 1050. The summed E-state index contributed by atoms with van der Waals surface area (Å²) in [7, 11) is -0.176. The third-order valence-corrected chi connectivity index (χ3v) is 5.72. The normalized spacial score (nSPS) is 11.5. The minimum atomic E-state index is -4.00. The highest BCUT2D eigenvalue weighted by Crippen LogP contribution is 2.29. The molecular weight excluding hydrogens is 417 g/mol. The Morgan fingerprint density at radius 1 is 1.07 bits per heavy atom. The van der Waals surface area contributed by atoms with Gasteiger partial charge in [-0.2, -0.15) is 4.31 Å². The van der Waals surface area contributed by atoms with E-state index in [1.807, 2.05) is 0 Å². The van der Waals surface area contributed by atoms with Crippen molar-refractivity contribution >= 4 is 28.0 Å². The summed E-state index contributed by atoms with van der Waals surface area (Å²) in [6.07, 6.45) is 2.71. The van der Waals surface area contributed by atoms with Crippen molar-refractivity contribution in [3.8, 4) is 11.5 Å². The van der Waals surface area contributed by atoms with Gasteiger partial charge in [-0.25, -0.2) is 17.6 Å². The molecule has 0 aliphatic rings. The number of rotatable bonds is 8. The van der Waals surface area contributed by atoms with Crippen molar-refractivity contribution in [1.29, 1.82) is 0 Å². The van der Waals surface area contributed by atoms with Gasteiger partial charge >= 0.3 is 11.9 Å². The van der Waals surface area contributed by atoms with Crippen LogP contribution in [0.15, 0.2) is 53.4 Å². The summed E-state index contributed by atoms with van der Waals surface area (Å²) >= 11 is 0. The fourth-order valence-electron chi connectivity index (χ4n) is 2.31. The molecule has 0 aromatic heterocycles. The van der Waals surface area contributed by atoms with Crippen LogP contribution in [0.5, 0.6) is 11.5 Å². The second-order valence-corrected chi connectivity index (χ2v) is 8.00. The summed E-state index contributed by atoms with van der Waals surface area (Å²) in [6, 6.07) is 8.79. The second-order valence-electron chi connectivity index (χ2n) is 5.96. The SMILES string of the molecule is COC(=O)/C=C/c1ccc(OC(=O)CN(C)S(=O)(=O)c2ccc(F)cc2)c(OC)c1. The third-order valence-electron chi connectivity index (χ3n) is 3.90. The first-order valence-corrected chi connectivity index (χ1v) is 9.98. The van der Waals surface area contributed by atoms with E-state index in [0.29, 0.717) is 5.56 Å². The van der Waals surface area contributed by atoms with Gasteiger partial charge in [-0.3, -0.25) is 4.79 Å². The highest BCUT2D eigenvalue weighted by atomic mass is 32.2. The van der Waals surface area contributed by atoms with Crippen molar-refractivity contribution in [3.05, 3.63) is 59.9 Å². The number of halogens is 1. The molecule has 8 nitrogen and oxygen atoms in total. The van der Waals surface area contributed by atoms with Crippen molar-refractivity contribution in [1.82, 2.24) is 4.31 Å². The van der Waals surface area contributed by atoms with Crippen LogP contribution < -0.4 is 9.47 Å². The summed E-state index contributed by atoms with van der Waals surface area (Å²) < 4.78 is 53.7. The first-order chi connectivity index (χ1) is 14.2. The lowest BCUT2D eigenvalue weighted by Crippen LogP contribution is -2.34. The highest BCUT2D eigenvalue weighted by Gasteiger charge is 2.24. The molecule has 2 aromatic rings. The maximum absolute atomic E-state index is 13.0. The van der Waals surface area contributed by atoms with Crippen LogP contribution in [0, 0.1) is 5.82 Å². The van der Waals surface area contributed by atoms with Crippen LogP contribution in [0.2, 0.25) is 0 Å². The number of sulfonamides is 1. The summed E-state index contributed by atoms with van der Waals surface area (Å²) in [5, 5.41) is 0. The molecule has 0 aliphatic heterocycles. The molecule has 0 spiro atoms. The number of esters is 2. The van der Waals surface area contributed by atoms with Gasteiger partial charge in [0.05, 0.1) is 19.1 Å². The smallest absolute Gasteiger partial charge is 0.330 e. The van der Waals surface area contributed by atoms with Gasteiger partial charge in [0.1, 0.15) is 12.4 Å². The lowest BCUT2D eigenvalue weighted by molar-refractivity contribution is -0.135. The molecule has 0 bridgehead atoms. The summed E-state index contributed by atoms with van der Waals surface area (Å²) in [6.45, 7) is -0.577. The van der Waals surface area contributed by atoms with Crippen LogP contribution >= 0.6 is 0 Å². The average molecular weight is 437 g/mol. The number of likely N-dealkylation sites (N-methyl/N-ethyl adjacent to an activating group) is 1. The standard InChI is InChI=1S/C20H20FNO7S/c1-22(30(25,26)16-8-6-15(21)7-9-16)13-20(24)29-17-10-4-14(12-18(17)27-2)5-11-19(23)28-3/h4-12H,13H2,1-3H3/b11-5+. The number of hydrogen-bond donors (Lipinski definition) is 0. The Labute approximate surface area is 173 Å². The summed E-state index contributed by atoms with van der Waals surface area (Å²) in [5.74, 6) is -1.67. The van der Waals surface area contributed by atoms with Gasteiger partial charge in [-0.05, 0) is 48.0 Å². The zero-order valence-corrected chi connectivity index (χ0v) is 17.3. The Balaban J connectivity index is 2.10. The third kappa shape index (κ3) is 5.88. The lowest BCUT2D eigenvalue weighted by Gasteiger charge is -2.17. The molecule has 0 amide bonds. The van der Waals surface area contributed by atoms with Crippen LogP contribution in [-0.2, 0) is 24.3 Å². The molecule has 2 aromatic carbocycles. The van der Waals surface area contributed by atoms with Gasteiger partial charge in [0, 0.05) is 13.1 Å². The fourth-order valence-corrected chi connectivity index (χ4v) is 3.43. The maximum Gasteiger partial charge on any atom is 0.330 e. The average Bonchev–Trinajstić information content (AvgIpc) is 2.72. The topological polar surface area (TPSA) is 99.2 Å². The fraction of sp³-hybridized carbons (Fsp3) is 0.200. The minimum Gasteiger partial charge on any atom is -0.493 e. The molecule has 160 valence electrons. The Morgan fingerprint density at radius 3 is 2.33 bits per heavy atom. The van der Waals surface area contributed by atoms with E-state index in [4.69, 9.17) is 9.47 Å². The number of benzene rings is 2. The van der Waals surface area contributed by atoms with Gasteiger partial charge < -0.3 is 14.2 Å². The lowest BCUT2D eigenvalue weighted by atomic mass is 10.2. The van der Waals surface area contributed by atoms with Gasteiger partial charge in [0.25, 0.3) is 0 Å². The van der Waals surface area contributed by atoms with Crippen LogP contribution in [0.3, 0.4) is 0 Å². The van der Waals surface area contributed by atoms with Crippen molar-refractivity contribution in [2.24, 2.45) is 0 Å². The molecule has 0 saturated carbocycles. The zero-order valence-electron chi connectivity index (χ0n) is 16.5. The maximum atomic E-state index is 13.0. The molecule has 0 saturated heterocycles. The molecule has 0 aliphatic carbocycles. The van der Waals surface area contributed by atoms with Gasteiger partial charge in [-0.15, -0.1) is 0 Å². The predicted molar refractivity (Wildman–Crippen MR) is 106 cm³/mol. The molecule has 0 fully saturated rings. The Hall–Kier alpha value is -3.24. The van der Waals surface area contributed by atoms with E-state index < -0.39 is 34.3 Å². The van der Waals surface area contributed by atoms with Crippen LogP contribution in [0.1, 0.15) is 5.56 Å². The first-order valence-electron chi connectivity index (χ1n) is 8.54. The van der Waals surface area contributed by atoms with Crippen molar-refractivity contribution in [2.45, 2.75) is 4.90 Å². The van der Waals surface area contributed by atoms with Crippen molar-refractivity contribution < 1.29 is 36.6 Å². The number of methoxy groups -OCH3 is 2. The molecular formula is C20H20FNO7S. The van der Waals surface area contributed by atoms with E-state index in [2.05, 4.69) is 4.74 Å². The van der Waals surface area contributed by atoms with E-state index in [-0.39, 0.29) is 16.4 Å². The van der Waals surface area contributed by atoms with Gasteiger partial charge in [-0.1, -0.05) is 6.07 Å². The zero-order chi connectivity index (χ0) is 22.3. The second kappa shape index (κ2) is 9.99. The largest absolute Gasteiger partial charge is 0.493 e. The number of carbonyl (C=O) groups is 2. The van der Waals surface area contributed by atoms with E-state index in [0.717, 1.165) is 28.6 Å². The summed E-state index contributed by atoms with van der Waals surface area (Å²) in [4.78, 5) is 23.3. The number of carbonyl (C=O) groups excluding carboxylic acids is 2. The monoisotopic (exact) mass is 437 g/mol. The van der Waals surface area contributed by atoms with Crippen molar-refractivity contribution in [3.63, 3.8) is 0 Å². The van der Waals surface area contributed by atoms with E-state index in [1.54, 1.807) is 6.07 Å². The molecule has 0 unspecified atom stereocenters. The van der Waals surface area contributed by atoms with Crippen LogP contribution in [0.25, 0.3) is 6.08 Å². The van der Waals surface area contributed by atoms with Gasteiger partial charge in [0.15, 0.2) is 11.5 Å². The van der Waals surface area contributed by atoms with E-state index >= 15 is 0 Å². The van der Waals surface area contributed by atoms with Crippen molar-refractivity contribution in [2.75, 3.05) is 27.8 Å². The Morgan fingerprint density at radius 2 is 1.73 bits per heavy atom. The molecule has 30 heavy (non-hydrogen) atoms. The molecule has 2 rings (SSSR count). The highest BCUT2D eigenvalue weighted by molar-refractivity contribution is 7.89. The van der Waals surface area contributed by atoms with Gasteiger partial charge in [0.2, 0.25) is 10.0 Å². The first kappa shape index (κ1) is 23.0. The summed E-state index contributed by atoms with van der Waals surface area (Å²) in [5.41, 5.74) is 0.591. The minimum absolute atomic E-state index is 0.0744. The quantitative estimate of drug-likeness (QED) is 0.355. The molecule has 0 radical (unpaired) electrons. The molecule has 10 heteroatoms. The van der Waals surface area contributed by atoms with E-state index in [1.165, 1.54) is 45.6 Å². The number of hydrogen-bond acceptors (Lipinski definition) is 7. The molecule has 0 N–H and O–H groups in total. The number of ether oxygens (including phenoxy) is 3. The van der Waals surface area contributed by atoms with E-state index in [9.17, 15) is 22.4 Å². The predicted octanol–water partition coefficient (Wildman–Crippen LogP) is 2.25. The molecule has 0 atom stereocenters. The molecule has 0 heterocycles. The Kier molecular flexibility index (Phi) is 7.67.